The van der Waals surface area contributed by atoms with Gasteiger partial charge >= 0.3 is 5.97 Å². The largest absolute Gasteiger partial charge is 0.465 e. The number of hydrogen-bond acceptors (Lipinski definition) is 4. The Morgan fingerprint density at radius 1 is 1.50 bits per heavy atom. The van der Waals surface area contributed by atoms with Gasteiger partial charge in [-0.2, -0.15) is 0 Å². The molecule has 0 radical (unpaired) electrons. The molecule has 0 aliphatic heterocycles. The van der Waals surface area contributed by atoms with Crippen molar-refractivity contribution in [2.75, 3.05) is 6.61 Å². The van der Waals surface area contributed by atoms with Gasteiger partial charge in [-0.3, -0.25) is 10.1 Å². The van der Waals surface area contributed by atoms with E-state index in [9.17, 15) is 9.90 Å². The van der Waals surface area contributed by atoms with Crippen molar-refractivity contribution in [3.63, 3.8) is 0 Å². The Morgan fingerprint density at radius 3 is 2.36 bits per heavy atom. The van der Waals surface area contributed by atoms with Crippen LogP contribution < -0.4 is 5.32 Å². The van der Waals surface area contributed by atoms with Crippen LogP contribution in [-0.4, -0.2) is 35.4 Å². The molecule has 0 aromatic rings. The van der Waals surface area contributed by atoms with E-state index in [1.807, 2.05) is 6.92 Å². The maximum absolute atomic E-state index is 11.2. The molecule has 2 unspecified atom stereocenters. The smallest absolute Gasteiger partial charge is 0.322 e. The van der Waals surface area contributed by atoms with E-state index in [2.05, 4.69) is 5.32 Å². The second-order valence-electron chi connectivity index (χ2n) is 4.02. The molecule has 0 amide bonds. The molecule has 2 atom stereocenters. The summed E-state index contributed by atoms with van der Waals surface area (Å²) in [6, 6.07) is -0.557. The van der Waals surface area contributed by atoms with Gasteiger partial charge in [0.1, 0.15) is 6.04 Å². The summed E-state index contributed by atoms with van der Waals surface area (Å²) in [5.74, 6) is -0.288. The summed E-state index contributed by atoms with van der Waals surface area (Å²) < 4.78 is 4.83. The average Bonchev–Trinajstić information content (AvgIpc) is 2.02. The first kappa shape index (κ1) is 13.4. The minimum absolute atomic E-state index is 0.165. The van der Waals surface area contributed by atoms with E-state index in [4.69, 9.17) is 4.74 Å². The van der Waals surface area contributed by atoms with Crippen LogP contribution in [0.25, 0.3) is 0 Å². The van der Waals surface area contributed by atoms with Crippen LogP contribution in [0.1, 0.15) is 34.6 Å². The van der Waals surface area contributed by atoms with Crippen molar-refractivity contribution in [2.45, 2.75) is 52.3 Å². The van der Waals surface area contributed by atoms with E-state index < -0.39 is 11.6 Å². The fourth-order valence-corrected chi connectivity index (χ4v) is 0.914. The molecule has 0 aromatic carbocycles. The highest BCUT2D eigenvalue weighted by molar-refractivity contribution is 5.75. The zero-order valence-corrected chi connectivity index (χ0v) is 9.63. The molecule has 4 nitrogen and oxygen atoms in total. The van der Waals surface area contributed by atoms with Crippen molar-refractivity contribution in [1.82, 2.24) is 5.32 Å². The number of rotatable bonds is 5. The highest BCUT2D eigenvalue weighted by Gasteiger charge is 2.25. The lowest BCUT2D eigenvalue weighted by Crippen LogP contribution is -2.50. The molecule has 0 rings (SSSR count). The predicted molar refractivity (Wildman–Crippen MR) is 55.0 cm³/mol. The number of hydrogen-bond donors (Lipinski definition) is 2. The molecule has 0 aliphatic rings. The Bertz CT molecular complexity index is 186. The highest BCUT2D eigenvalue weighted by atomic mass is 16.5. The third kappa shape index (κ3) is 4.58. The zero-order valence-electron chi connectivity index (χ0n) is 9.63. The fourth-order valence-electron chi connectivity index (χ4n) is 0.914. The maximum Gasteiger partial charge on any atom is 0.322 e. The first-order valence-corrected chi connectivity index (χ1v) is 4.94. The van der Waals surface area contributed by atoms with Crippen LogP contribution in [0.2, 0.25) is 0 Å². The molecule has 2 N–H and O–H groups in total. The summed E-state index contributed by atoms with van der Waals surface area (Å²) >= 11 is 0. The van der Waals surface area contributed by atoms with Crippen LogP contribution in [0.5, 0.6) is 0 Å². The third-order valence-corrected chi connectivity index (χ3v) is 2.20. The minimum Gasteiger partial charge on any atom is -0.465 e. The van der Waals surface area contributed by atoms with Crippen LogP contribution in [-0.2, 0) is 9.53 Å². The number of carbonyl (C=O) groups is 1. The Kier molecular flexibility index (Phi) is 5.08. The van der Waals surface area contributed by atoms with Crippen molar-refractivity contribution in [3.8, 4) is 0 Å². The molecule has 0 saturated heterocycles. The SMILES string of the molecule is CCOC(=O)C(C)NC(C)C(C)(C)O. The molecular weight excluding hydrogens is 182 g/mol. The Balaban J connectivity index is 4.06. The quantitative estimate of drug-likeness (QED) is 0.645. The van der Waals surface area contributed by atoms with Gasteiger partial charge < -0.3 is 9.84 Å². The molecule has 14 heavy (non-hydrogen) atoms. The first-order valence-electron chi connectivity index (χ1n) is 4.94. The summed E-state index contributed by atoms with van der Waals surface area (Å²) in [6.07, 6.45) is 0. The van der Waals surface area contributed by atoms with Gasteiger partial charge in [0.25, 0.3) is 0 Å². The second kappa shape index (κ2) is 5.32. The number of nitrogens with one attached hydrogen (secondary N) is 1. The molecule has 4 heteroatoms. The lowest BCUT2D eigenvalue weighted by atomic mass is 10.0. The number of ether oxygens (including phenoxy) is 1. The fraction of sp³-hybridized carbons (Fsp3) is 0.900. The van der Waals surface area contributed by atoms with Gasteiger partial charge in [-0.25, -0.2) is 0 Å². The van der Waals surface area contributed by atoms with Gasteiger partial charge in [0.15, 0.2) is 0 Å². The summed E-state index contributed by atoms with van der Waals surface area (Å²) in [7, 11) is 0. The molecule has 0 fully saturated rings. The molecular formula is C10H21NO3. The van der Waals surface area contributed by atoms with Gasteiger partial charge in [-0.1, -0.05) is 0 Å². The van der Waals surface area contributed by atoms with Crippen LogP contribution in [0.3, 0.4) is 0 Å². The Morgan fingerprint density at radius 2 is 2.00 bits per heavy atom. The monoisotopic (exact) mass is 203 g/mol. The van der Waals surface area contributed by atoms with Gasteiger partial charge in [0.05, 0.1) is 12.2 Å². The first-order chi connectivity index (χ1) is 6.29. The van der Waals surface area contributed by atoms with E-state index in [1.54, 1.807) is 27.7 Å². The Hall–Kier alpha value is -0.610. The predicted octanol–water partition coefficient (Wildman–Crippen LogP) is 0.687. The lowest BCUT2D eigenvalue weighted by Gasteiger charge is -2.28. The standard InChI is InChI=1S/C10H21NO3/c1-6-14-9(12)7(2)11-8(3)10(4,5)13/h7-8,11,13H,6H2,1-5H3. The second-order valence-corrected chi connectivity index (χ2v) is 4.02. The van der Waals surface area contributed by atoms with Crippen molar-refractivity contribution >= 4 is 5.97 Å². The van der Waals surface area contributed by atoms with Crippen molar-refractivity contribution in [3.05, 3.63) is 0 Å². The lowest BCUT2D eigenvalue weighted by molar-refractivity contribution is -0.145. The van der Waals surface area contributed by atoms with Gasteiger partial charge in [0.2, 0.25) is 0 Å². The van der Waals surface area contributed by atoms with E-state index in [0.717, 1.165) is 0 Å². The summed E-state index contributed by atoms with van der Waals surface area (Å²) in [6.45, 7) is 9.09. The summed E-state index contributed by atoms with van der Waals surface area (Å²) in [4.78, 5) is 11.2. The third-order valence-electron chi connectivity index (χ3n) is 2.20. The normalized spacial score (nSPS) is 16.1. The van der Waals surface area contributed by atoms with Crippen LogP contribution in [0.4, 0.5) is 0 Å². The van der Waals surface area contributed by atoms with Crippen molar-refractivity contribution in [1.29, 1.82) is 0 Å². The minimum atomic E-state index is -0.846. The molecule has 84 valence electrons. The van der Waals surface area contributed by atoms with Crippen molar-refractivity contribution in [2.24, 2.45) is 0 Å². The van der Waals surface area contributed by atoms with Crippen molar-refractivity contribution < 1.29 is 14.6 Å². The van der Waals surface area contributed by atoms with Gasteiger partial charge in [-0.15, -0.1) is 0 Å². The molecule has 0 heterocycles. The maximum atomic E-state index is 11.2. The van der Waals surface area contributed by atoms with Gasteiger partial charge in [-0.05, 0) is 34.6 Å². The molecule has 0 saturated carbocycles. The summed E-state index contributed by atoms with van der Waals surface area (Å²) in [5.41, 5.74) is -0.846. The van der Waals surface area contributed by atoms with Crippen LogP contribution >= 0.6 is 0 Å². The van der Waals surface area contributed by atoms with Gasteiger partial charge in [0, 0.05) is 6.04 Å². The van der Waals surface area contributed by atoms with Crippen LogP contribution in [0.15, 0.2) is 0 Å². The zero-order chi connectivity index (χ0) is 11.4. The molecule has 0 aromatic heterocycles. The molecule has 0 aliphatic carbocycles. The van der Waals surface area contributed by atoms with E-state index in [1.165, 1.54) is 0 Å². The average molecular weight is 203 g/mol. The molecule has 0 spiro atoms. The molecule has 0 bridgehead atoms. The topological polar surface area (TPSA) is 58.6 Å². The number of carbonyl (C=O) groups excluding carboxylic acids is 1. The van der Waals surface area contributed by atoms with E-state index in [-0.39, 0.29) is 12.0 Å². The van der Waals surface area contributed by atoms with Crippen LogP contribution in [0, 0.1) is 0 Å². The Labute approximate surface area is 85.6 Å². The van der Waals surface area contributed by atoms with E-state index in [0.29, 0.717) is 6.61 Å². The van der Waals surface area contributed by atoms with E-state index >= 15 is 0 Å². The highest BCUT2D eigenvalue weighted by Crippen LogP contribution is 2.08. The summed E-state index contributed by atoms with van der Waals surface area (Å²) in [5, 5.41) is 12.6. The number of aliphatic hydroxyl groups is 1. The number of esters is 1.